The van der Waals surface area contributed by atoms with E-state index >= 15 is 0 Å². The van der Waals surface area contributed by atoms with Gasteiger partial charge in [0, 0.05) is 11.1 Å². The first-order valence-electron chi connectivity index (χ1n) is 6.75. The Bertz CT molecular complexity index is 475. The monoisotopic (exact) mass is 299 g/mol. The summed E-state index contributed by atoms with van der Waals surface area (Å²) in [5, 5.41) is 4.06. The van der Waals surface area contributed by atoms with E-state index in [2.05, 4.69) is 19.2 Å². The lowest BCUT2D eigenvalue weighted by molar-refractivity contribution is 0.0891. The fraction of sp³-hybridized carbons (Fsp3) is 0.533. The fourth-order valence-electron chi connectivity index (χ4n) is 2.71. The number of rotatable bonds is 2. The molecule has 3 unspecified atom stereocenters. The van der Waals surface area contributed by atoms with Gasteiger partial charge in [0.05, 0.1) is 10.6 Å². The van der Waals surface area contributed by atoms with Crippen molar-refractivity contribution in [1.29, 1.82) is 0 Å². The molecule has 1 fully saturated rings. The summed E-state index contributed by atoms with van der Waals surface area (Å²) in [6.07, 6.45) is 3.46. The van der Waals surface area contributed by atoms with Crippen molar-refractivity contribution in [1.82, 2.24) is 5.32 Å². The molecule has 0 aromatic heterocycles. The van der Waals surface area contributed by atoms with Crippen LogP contribution in [0.5, 0.6) is 0 Å². The summed E-state index contributed by atoms with van der Waals surface area (Å²) in [6.45, 7) is 4.45. The van der Waals surface area contributed by atoms with Gasteiger partial charge in [-0.3, -0.25) is 4.79 Å². The molecule has 19 heavy (non-hydrogen) atoms. The van der Waals surface area contributed by atoms with Crippen molar-refractivity contribution in [3.63, 3.8) is 0 Å². The molecule has 1 aromatic carbocycles. The molecule has 1 aromatic rings. The van der Waals surface area contributed by atoms with Gasteiger partial charge < -0.3 is 5.32 Å². The third-order valence-electron chi connectivity index (χ3n) is 4.20. The number of amides is 1. The molecule has 0 aliphatic heterocycles. The predicted molar refractivity (Wildman–Crippen MR) is 79.9 cm³/mol. The zero-order valence-corrected chi connectivity index (χ0v) is 12.8. The average Bonchev–Trinajstić information content (AvgIpc) is 2.34. The lowest BCUT2D eigenvalue weighted by Crippen LogP contribution is -2.43. The Morgan fingerprint density at radius 3 is 2.68 bits per heavy atom. The van der Waals surface area contributed by atoms with Gasteiger partial charge in [-0.05, 0) is 36.5 Å². The second-order valence-corrected chi connectivity index (χ2v) is 6.32. The van der Waals surface area contributed by atoms with Gasteiger partial charge in [-0.15, -0.1) is 0 Å². The Kier molecular flexibility index (Phi) is 4.75. The number of carbonyl (C=O) groups is 1. The largest absolute Gasteiger partial charge is 0.349 e. The molecule has 1 aliphatic rings. The molecule has 1 saturated carbocycles. The summed E-state index contributed by atoms with van der Waals surface area (Å²) in [6, 6.07) is 5.21. The van der Waals surface area contributed by atoms with Crippen LogP contribution in [0.4, 0.5) is 0 Å². The van der Waals surface area contributed by atoms with E-state index in [-0.39, 0.29) is 11.9 Å². The zero-order chi connectivity index (χ0) is 14.0. The quantitative estimate of drug-likeness (QED) is 0.853. The second-order valence-electron chi connectivity index (χ2n) is 5.47. The number of benzene rings is 1. The van der Waals surface area contributed by atoms with E-state index in [9.17, 15) is 4.79 Å². The topological polar surface area (TPSA) is 29.1 Å². The maximum absolute atomic E-state index is 12.3. The first-order chi connectivity index (χ1) is 8.99. The van der Waals surface area contributed by atoms with Crippen molar-refractivity contribution in [3.05, 3.63) is 33.8 Å². The molecule has 3 atom stereocenters. The van der Waals surface area contributed by atoms with Gasteiger partial charge in [0.2, 0.25) is 0 Å². The molecule has 2 nitrogen and oxygen atoms in total. The third-order valence-corrected chi connectivity index (χ3v) is 4.75. The summed E-state index contributed by atoms with van der Waals surface area (Å²) in [5.41, 5.74) is 0.497. The van der Waals surface area contributed by atoms with E-state index in [0.29, 0.717) is 27.4 Å². The molecule has 104 valence electrons. The highest BCUT2D eigenvalue weighted by Crippen LogP contribution is 2.30. The molecule has 0 heterocycles. The molecule has 0 spiro atoms. The highest BCUT2D eigenvalue weighted by molar-refractivity contribution is 6.36. The highest BCUT2D eigenvalue weighted by atomic mass is 35.5. The van der Waals surface area contributed by atoms with Gasteiger partial charge in [-0.25, -0.2) is 0 Å². The minimum atomic E-state index is -0.104. The lowest BCUT2D eigenvalue weighted by Gasteiger charge is -2.34. The summed E-state index contributed by atoms with van der Waals surface area (Å²) in [4.78, 5) is 12.3. The zero-order valence-electron chi connectivity index (χ0n) is 11.2. The molecule has 1 N–H and O–H groups in total. The second kappa shape index (κ2) is 6.15. The van der Waals surface area contributed by atoms with Crippen LogP contribution >= 0.6 is 23.2 Å². The predicted octanol–water partition coefficient (Wildman–Crippen LogP) is 4.55. The van der Waals surface area contributed by atoms with Crippen molar-refractivity contribution in [2.45, 2.75) is 39.2 Å². The average molecular weight is 300 g/mol. The minimum Gasteiger partial charge on any atom is -0.349 e. The number of halogens is 2. The Morgan fingerprint density at radius 2 is 2.00 bits per heavy atom. The Labute approximate surface area is 124 Å². The van der Waals surface area contributed by atoms with Crippen molar-refractivity contribution in [2.24, 2.45) is 11.8 Å². The maximum atomic E-state index is 12.3. The van der Waals surface area contributed by atoms with Crippen LogP contribution in [0, 0.1) is 11.8 Å². The summed E-state index contributed by atoms with van der Waals surface area (Å²) in [7, 11) is 0. The van der Waals surface area contributed by atoms with Crippen LogP contribution in [0.2, 0.25) is 10.0 Å². The van der Waals surface area contributed by atoms with Crippen LogP contribution < -0.4 is 5.32 Å². The molecule has 1 amide bonds. The van der Waals surface area contributed by atoms with Gasteiger partial charge in [0.15, 0.2) is 0 Å². The molecule has 2 rings (SSSR count). The Hall–Kier alpha value is -0.730. The SMILES string of the molecule is CC1CCCC(NC(=O)c2ccc(Cl)cc2Cl)C1C. The van der Waals surface area contributed by atoms with Crippen LogP contribution in [0.1, 0.15) is 43.5 Å². The molecule has 4 heteroatoms. The van der Waals surface area contributed by atoms with Crippen LogP contribution in [0.25, 0.3) is 0 Å². The van der Waals surface area contributed by atoms with E-state index in [1.54, 1.807) is 18.2 Å². The van der Waals surface area contributed by atoms with Crippen molar-refractivity contribution in [3.8, 4) is 0 Å². The first kappa shape index (κ1) is 14.7. The molecular weight excluding hydrogens is 281 g/mol. The lowest BCUT2D eigenvalue weighted by atomic mass is 9.78. The van der Waals surface area contributed by atoms with Crippen LogP contribution in [-0.2, 0) is 0 Å². The van der Waals surface area contributed by atoms with Gasteiger partial charge in [0.1, 0.15) is 0 Å². The highest BCUT2D eigenvalue weighted by Gasteiger charge is 2.28. The number of hydrogen-bond acceptors (Lipinski definition) is 1. The number of nitrogens with one attached hydrogen (secondary N) is 1. The van der Waals surface area contributed by atoms with Gasteiger partial charge >= 0.3 is 0 Å². The third kappa shape index (κ3) is 3.43. The van der Waals surface area contributed by atoms with E-state index in [4.69, 9.17) is 23.2 Å². The van der Waals surface area contributed by atoms with Crippen molar-refractivity contribution in [2.75, 3.05) is 0 Å². The van der Waals surface area contributed by atoms with Crippen molar-refractivity contribution < 1.29 is 4.79 Å². The van der Waals surface area contributed by atoms with E-state index in [1.165, 1.54) is 12.8 Å². The molecule has 0 bridgehead atoms. The van der Waals surface area contributed by atoms with Crippen LogP contribution in [0.3, 0.4) is 0 Å². The van der Waals surface area contributed by atoms with E-state index in [0.717, 1.165) is 6.42 Å². The van der Waals surface area contributed by atoms with Gasteiger partial charge in [-0.1, -0.05) is 49.9 Å². The van der Waals surface area contributed by atoms with Crippen LogP contribution in [-0.4, -0.2) is 11.9 Å². The maximum Gasteiger partial charge on any atom is 0.253 e. The number of hydrogen-bond donors (Lipinski definition) is 1. The first-order valence-corrected chi connectivity index (χ1v) is 7.50. The summed E-state index contributed by atoms with van der Waals surface area (Å²) >= 11 is 11.9. The fourth-order valence-corrected chi connectivity index (χ4v) is 3.20. The Morgan fingerprint density at radius 1 is 1.26 bits per heavy atom. The van der Waals surface area contributed by atoms with E-state index in [1.807, 2.05) is 0 Å². The van der Waals surface area contributed by atoms with Gasteiger partial charge in [0.25, 0.3) is 5.91 Å². The van der Waals surface area contributed by atoms with Crippen molar-refractivity contribution >= 4 is 29.1 Å². The Balaban J connectivity index is 2.08. The normalized spacial score (nSPS) is 27.1. The van der Waals surface area contributed by atoms with Crippen LogP contribution in [0.15, 0.2) is 18.2 Å². The molecular formula is C15H19Cl2NO. The smallest absolute Gasteiger partial charge is 0.253 e. The van der Waals surface area contributed by atoms with E-state index < -0.39 is 0 Å². The molecule has 0 radical (unpaired) electrons. The van der Waals surface area contributed by atoms with Gasteiger partial charge in [-0.2, -0.15) is 0 Å². The standard InChI is InChI=1S/C15H19Cl2NO/c1-9-4-3-5-14(10(9)2)18-15(19)12-7-6-11(16)8-13(12)17/h6-10,14H,3-5H2,1-2H3,(H,18,19). The summed E-state index contributed by atoms with van der Waals surface area (Å²) in [5.74, 6) is 1.05. The minimum absolute atomic E-state index is 0.104. The summed E-state index contributed by atoms with van der Waals surface area (Å²) < 4.78 is 0. The molecule has 0 saturated heterocycles. The molecule has 1 aliphatic carbocycles. The number of carbonyl (C=O) groups excluding carboxylic acids is 1.